The van der Waals surface area contributed by atoms with Crippen molar-refractivity contribution >= 4 is 28.3 Å². The second-order valence-electron chi connectivity index (χ2n) is 8.25. The van der Waals surface area contributed by atoms with Gasteiger partial charge >= 0.3 is 0 Å². The summed E-state index contributed by atoms with van der Waals surface area (Å²) in [7, 11) is 1.58. The molecule has 1 saturated carbocycles. The summed E-state index contributed by atoms with van der Waals surface area (Å²) in [5.74, 6) is -1.16. The molecule has 0 spiro atoms. The first-order valence-corrected chi connectivity index (χ1v) is 10.3. The van der Waals surface area contributed by atoms with Crippen molar-refractivity contribution in [3.63, 3.8) is 0 Å². The van der Waals surface area contributed by atoms with Crippen molar-refractivity contribution in [2.24, 2.45) is 5.92 Å². The minimum Gasteiger partial charge on any atom is -0.384 e. The number of halogens is 2. The van der Waals surface area contributed by atoms with Crippen molar-refractivity contribution in [1.82, 2.24) is 24.6 Å². The maximum atomic E-state index is 15.5. The van der Waals surface area contributed by atoms with E-state index in [4.69, 9.17) is 4.74 Å². The third-order valence-corrected chi connectivity index (χ3v) is 5.93. The lowest BCUT2D eigenvalue weighted by atomic mass is 9.91. The molecule has 0 aliphatic heterocycles. The van der Waals surface area contributed by atoms with Crippen LogP contribution in [0.25, 0.3) is 27.8 Å². The highest BCUT2D eigenvalue weighted by Crippen LogP contribution is 2.38. The van der Waals surface area contributed by atoms with Gasteiger partial charge in [-0.15, -0.1) is 0 Å². The Morgan fingerprint density at radius 2 is 2.19 bits per heavy atom. The molecule has 1 aliphatic carbocycles. The number of rotatable bonds is 6. The fourth-order valence-corrected chi connectivity index (χ4v) is 4.17. The van der Waals surface area contributed by atoms with Crippen LogP contribution >= 0.6 is 0 Å². The lowest BCUT2D eigenvalue weighted by molar-refractivity contribution is -0.117. The molecule has 10 heteroatoms. The van der Waals surface area contributed by atoms with Gasteiger partial charge in [0.05, 0.1) is 42.3 Å². The molecule has 0 bridgehead atoms. The first kappa shape index (κ1) is 20.5. The van der Waals surface area contributed by atoms with Crippen LogP contribution in [0.2, 0.25) is 0 Å². The minimum atomic E-state index is -1.08. The van der Waals surface area contributed by atoms with Crippen molar-refractivity contribution in [1.29, 1.82) is 0 Å². The largest absolute Gasteiger partial charge is 0.384 e. The standard InChI is InChI=1S/C22H22F2N6O2/c1-10(9-32-3)18-20(24)11(2)19(13-5-26-29-21(13)18)15-7-30-8-16(27-17(30)6-25-15)28-22(31)12-4-14(12)23/h5-8,10,12,14H,4,9H2,1-3H3,(H,26,29)(H,28,31)/t10?,12-,14+/m1/s1. The van der Waals surface area contributed by atoms with E-state index in [0.717, 1.165) is 5.39 Å². The number of amides is 1. The monoisotopic (exact) mass is 440 g/mol. The number of anilines is 1. The first-order chi connectivity index (χ1) is 15.4. The fourth-order valence-electron chi connectivity index (χ4n) is 4.17. The van der Waals surface area contributed by atoms with E-state index in [1.54, 1.807) is 43.2 Å². The Kier molecular flexibility index (Phi) is 4.89. The molecule has 0 saturated heterocycles. The summed E-state index contributed by atoms with van der Waals surface area (Å²) in [4.78, 5) is 20.8. The molecular weight excluding hydrogens is 418 g/mol. The van der Waals surface area contributed by atoms with E-state index >= 15 is 4.39 Å². The van der Waals surface area contributed by atoms with E-state index in [1.807, 2.05) is 6.92 Å². The van der Waals surface area contributed by atoms with Crippen LogP contribution in [0.5, 0.6) is 0 Å². The number of imidazole rings is 1. The maximum Gasteiger partial charge on any atom is 0.231 e. The Morgan fingerprint density at radius 1 is 1.41 bits per heavy atom. The van der Waals surface area contributed by atoms with Crippen LogP contribution in [0.15, 0.2) is 24.8 Å². The number of H-pyrrole nitrogens is 1. The SMILES string of the molecule is COCC(C)c1c(F)c(C)c(-c2cn3cc(NC(=O)[C@@H]4C[C@@H]4F)nc3cn2)c2cn[nH]c12. The van der Waals surface area contributed by atoms with Gasteiger partial charge in [-0.05, 0) is 18.9 Å². The number of methoxy groups -OCH3 is 1. The van der Waals surface area contributed by atoms with Crippen LogP contribution in [0.3, 0.4) is 0 Å². The average molecular weight is 440 g/mol. The highest BCUT2D eigenvalue weighted by atomic mass is 19.1. The molecule has 32 heavy (non-hydrogen) atoms. The van der Waals surface area contributed by atoms with Gasteiger partial charge in [-0.3, -0.25) is 14.9 Å². The van der Waals surface area contributed by atoms with Crippen molar-refractivity contribution in [2.75, 3.05) is 19.0 Å². The Bertz CT molecular complexity index is 1350. The number of hydrogen-bond donors (Lipinski definition) is 2. The number of nitrogens with zero attached hydrogens (tertiary/aromatic N) is 4. The number of carbonyl (C=O) groups is 1. The molecular formula is C22H22F2N6O2. The van der Waals surface area contributed by atoms with Crippen molar-refractivity contribution in [3.05, 3.63) is 41.7 Å². The third-order valence-electron chi connectivity index (χ3n) is 5.93. The Hall–Kier alpha value is -3.40. The van der Waals surface area contributed by atoms with Crippen molar-refractivity contribution in [2.45, 2.75) is 32.4 Å². The van der Waals surface area contributed by atoms with Gasteiger partial charge in [0.1, 0.15) is 12.0 Å². The van der Waals surface area contributed by atoms with E-state index in [2.05, 4.69) is 25.5 Å². The number of ether oxygens (including phenoxy) is 1. The number of alkyl halides is 1. The van der Waals surface area contributed by atoms with Crippen LogP contribution in [0.4, 0.5) is 14.6 Å². The smallest absolute Gasteiger partial charge is 0.231 e. The van der Waals surface area contributed by atoms with E-state index in [1.165, 1.54) is 0 Å². The lowest BCUT2D eigenvalue weighted by Gasteiger charge is -2.17. The predicted molar refractivity (Wildman–Crippen MR) is 115 cm³/mol. The van der Waals surface area contributed by atoms with Gasteiger partial charge in [0.2, 0.25) is 5.91 Å². The molecule has 3 aromatic heterocycles. The molecule has 8 nitrogen and oxygen atoms in total. The molecule has 4 aromatic rings. The van der Waals surface area contributed by atoms with Gasteiger partial charge in [0.25, 0.3) is 0 Å². The van der Waals surface area contributed by atoms with Crippen molar-refractivity contribution in [3.8, 4) is 11.3 Å². The van der Waals surface area contributed by atoms with E-state index in [0.29, 0.717) is 46.0 Å². The molecule has 166 valence electrons. The summed E-state index contributed by atoms with van der Waals surface area (Å²) >= 11 is 0. The number of nitrogens with one attached hydrogen (secondary N) is 2. The van der Waals surface area contributed by atoms with Crippen LogP contribution in [0, 0.1) is 18.7 Å². The number of aromatic amines is 1. The molecule has 3 heterocycles. The van der Waals surface area contributed by atoms with Gasteiger partial charge < -0.3 is 14.5 Å². The highest BCUT2D eigenvalue weighted by molar-refractivity contribution is 5.97. The topological polar surface area (TPSA) is 97.2 Å². The van der Waals surface area contributed by atoms with E-state index in [-0.39, 0.29) is 24.1 Å². The summed E-state index contributed by atoms with van der Waals surface area (Å²) in [5.41, 5.74) is 3.26. The fraction of sp³-hybridized carbons (Fsp3) is 0.364. The van der Waals surface area contributed by atoms with E-state index in [9.17, 15) is 9.18 Å². The first-order valence-electron chi connectivity index (χ1n) is 10.3. The van der Waals surface area contributed by atoms with E-state index < -0.39 is 12.1 Å². The zero-order chi connectivity index (χ0) is 22.6. The number of fused-ring (bicyclic) bond motifs is 2. The van der Waals surface area contributed by atoms with Gasteiger partial charge in [0, 0.05) is 35.7 Å². The van der Waals surface area contributed by atoms with Gasteiger partial charge in [-0.2, -0.15) is 5.10 Å². The molecule has 2 N–H and O–H groups in total. The highest BCUT2D eigenvalue weighted by Gasteiger charge is 2.43. The quantitative estimate of drug-likeness (QED) is 0.476. The molecule has 1 fully saturated rings. The number of aromatic nitrogens is 5. The summed E-state index contributed by atoms with van der Waals surface area (Å²) in [6.45, 7) is 4.00. The zero-order valence-corrected chi connectivity index (χ0v) is 17.8. The van der Waals surface area contributed by atoms with Gasteiger partial charge in [-0.1, -0.05) is 6.92 Å². The summed E-state index contributed by atoms with van der Waals surface area (Å²) < 4.78 is 35.5. The Morgan fingerprint density at radius 3 is 2.91 bits per heavy atom. The summed E-state index contributed by atoms with van der Waals surface area (Å²) in [6.07, 6.45) is 5.72. The second-order valence-corrected chi connectivity index (χ2v) is 8.25. The molecule has 1 unspecified atom stereocenters. The van der Waals surface area contributed by atoms with Gasteiger partial charge in [-0.25, -0.2) is 13.8 Å². The normalized spacial score (nSPS) is 18.9. The lowest BCUT2D eigenvalue weighted by Crippen LogP contribution is -2.15. The van der Waals surface area contributed by atoms with Crippen LogP contribution in [0.1, 0.15) is 30.4 Å². The number of hydrogen-bond acceptors (Lipinski definition) is 5. The zero-order valence-electron chi connectivity index (χ0n) is 17.8. The summed E-state index contributed by atoms with van der Waals surface area (Å²) in [5, 5.41) is 10.5. The molecule has 1 aliphatic rings. The van der Waals surface area contributed by atoms with Crippen LogP contribution in [-0.4, -0.2) is 50.4 Å². The maximum absolute atomic E-state index is 15.5. The molecule has 0 radical (unpaired) electrons. The number of benzene rings is 1. The Balaban J connectivity index is 1.57. The van der Waals surface area contributed by atoms with Crippen molar-refractivity contribution < 1.29 is 18.3 Å². The predicted octanol–water partition coefficient (Wildman–Crippen LogP) is 3.77. The van der Waals surface area contributed by atoms with Crippen LogP contribution in [-0.2, 0) is 9.53 Å². The molecule has 1 amide bonds. The molecule has 3 atom stereocenters. The van der Waals surface area contributed by atoms with Crippen LogP contribution < -0.4 is 5.32 Å². The third kappa shape index (κ3) is 3.31. The molecule has 5 rings (SSSR count). The minimum absolute atomic E-state index is 0.165. The Labute approximate surface area is 182 Å². The average Bonchev–Trinajstić information content (AvgIpc) is 3.12. The van der Waals surface area contributed by atoms with Gasteiger partial charge in [0.15, 0.2) is 11.5 Å². The molecule has 1 aromatic carbocycles. The number of carbonyl (C=O) groups excluding carboxylic acids is 1. The summed E-state index contributed by atoms with van der Waals surface area (Å²) in [6, 6.07) is 0. The second kappa shape index (κ2) is 7.63.